The maximum absolute atomic E-state index is 15.4. The third-order valence-corrected chi connectivity index (χ3v) is 7.31. The topological polar surface area (TPSA) is 58.0 Å². The number of pyridine rings is 1. The van der Waals surface area contributed by atoms with Gasteiger partial charge in [0.1, 0.15) is 24.2 Å². The fraction of sp³-hybridized carbons (Fsp3) is 0.444. The van der Waals surface area contributed by atoms with E-state index in [4.69, 9.17) is 4.74 Å². The minimum absolute atomic E-state index is 0.0553. The molecule has 8 heteroatoms. The summed E-state index contributed by atoms with van der Waals surface area (Å²) >= 11 is 0. The Morgan fingerprint density at radius 2 is 2.20 bits per heavy atom. The molecule has 3 aliphatic rings. The SMILES string of the molecule is C=NC(CN1CCC2(CN(C3CC3)C(=O)CO2)C(F)C1)=C(F)C=C(C)c1ccc2cccnc2c1. The summed E-state index contributed by atoms with van der Waals surface area (Å²) in [5.74, 6) is -0.547. The molecule has 2 atom stereocenters. The number of halogens is 2. The van der Waals surface area contributed by atoms with Gasteiger partial charge in [0.25, 0.3) is 0 Å². The van der Waals surface area contributed by atoms with E-state index in [1.54, 1.807) is 11.1 Å². The van der Waals surface area contributed by atoms with Gasteiger partial charge >= 0.3 is 0 Å². The van der Waals surface area contributed by atoms with Gasteiger partial charge < -0.3 is 9.64 Å². The average Bonchev–Trinajstić information content (AvgIpc) is 3.71. The average molecular weight is 481 g/mol. The summed E-state index contributed by atoms with van der Waals surface area (Å²) in [4.78, 5) is 24.1. The van der Waals surface area contributed by atoms with Gasteiger partial charge in [0.15, 0.2) is 0 Å². The van der Waals surface area contributed by atoms with Crippen molar-refractivity contribution >= 4 is 29.1 Å². The van der Waals surface area contributed by atoms with Crippen molar-refractivity contribution < 1.29 is 18.3 Å². The number of amides is 1. The van der Waals surface area contributed by atoms with Crippen LogP contribution in [0.3, 0.4) is 0 Å². The van der Waals surface area contributed by atoms with Crippen molar-refractivity contribution in [2.24, 2.45) is 4.99 Å². The molecule has 0 radical (unpaired) electrons. The van der Waals surface area contributed by atoms with Gasteiger partial charge in [-0.3, -0.25) is 19.7 Å². The number of fused-ring (bicyclic) bond motifs is 1. The Bertz CT molecular complexity index is 1210. The molecule has 6 nitrogen and oxygen atoms in total. The second kappa shape index (κ2) is 9.59. The predicted octanol–water partition coefficient (Wildman–Crippen LogP) is 4.32. The van der Waals surface area contributed by atoms with E-state index in [-0.39, 0.29) is 37.3 Å². The first-order valence-corrected chi connectivity index (χ1v) is 12.1. The molecule has 2 saturated heterocycles. The van der Waals surface area contributed by atoms with Crippen LogP contribution in [0.5, 0.6) is 0 Å². The van der Waals surface area contributed by atoms with Gasteiger partial charge in [-0.2, -0.15) is 0 Å². The highest BCUT2D eigenvalue weighted by molar-refractivity contribution is 5.83. The first-order chi connectivity index (χ1) is 16.9. The lowest BCUT2D eigenvalue weighted by Gasteiger charge is -2.48. The van der Waals surface area contributed by atoms with Crippen LogP contribution in [0.1, 0.15) is 31.7 Å². The van der Waals surface area contributed by atoms with Gasteiger partial charge in [0, 0.05) is 37.3 Å². The molecule has 3 heterocycles. The summed E-state index contributed by atoms with van der Waals surface area (Å²) in [6, 6.07) is 9.90. The lowest BCUT2D eigenvalue weighted by molar-refractivity contribution is -0.188. The van der Waals surface area contributed by atoms with E-state index >= 15 is 8.78 Å². The molecule has 0 N–H and O–H groups in total. The number of ether oxygens (including phenoxy) is 1. The fourth-order valence-electron chi connectivity index (χ4n) is 4.98. The third-order valence-electron chi connectivity index (χ3n) is 7.31. The number of piperidine rings is 1. The van der Waals surface area contributed by atoms with Crippen molar-refractivity contribution in [2.45, 2.75) is 44.0 Å². The molecule has 1 aromatic carbocycles. The van der Waals surface area contributed by atoms with Crippen LogP contribution in [0.25, 0.3) is 16.5 Å². The second-order valence-electron chi connectivity index (χ2n) is 9.75. The molecule has 5 rings (SSSR count). The minimum Gasteiger partial charge on any atom is -0.360 e. The number of aliphatic imine (C=N–C) groups is 1. The number of benzene rings is 1. The van der Waals surface area contributed by atoms with Crippen LogP contribution in [-0.4, -0.2) is 78.0 Å². The van der Waals surface area contributed by atoms with Gasteiger partial charge in [-0.25, -0.2) is 8.78 Å². The number of allylic oxidation sites excluding steroid dienone is 3. The van der Waals surface area contributed by atoms with Crippen molar-refractivity contribution in [3.05, 3.63) is 59.7 Å². The van der Waals surface area contributed by atoms with E-state index < -0.39 is 17.6 Å². The van der Waals surface area contributed by atoms with Crippen molar-refractivity contribution in [1.29, 1.82) is 0 Å². The molecular formula is C27H30F2N4O2. The number of carbonyl (C=O) groups excluding carboxylic acids is 1. The minimum atomic E-state index is -1.28. The molecule has 1 aliphatic carbocycles. The standard InChI is InChI=1S/C27H30F2N4O2/c1-18(20-6-5-19-4-3-10-31-23(19)13-20)12-22(28)24(30-2)14-32-11-9-27(25(29)15-32)17-33(21-7-8-21)26(34)16-35-27/h3-6,10,12-13,21,25H,2,7-9,11,14-17H2,1H3. The Kier molecular flexibility index (Phi) is 6.51. The van der Waals surface area contributed by atoms with E-state index in [0.29, 0.717) is 19.5 Å². The maximum atomic E-state index is 15.4. The number of nitrogens with zero attached hydrogens (tertiary/aromatic N) is 4. The van der Waals surface area contributed by atoms with E-state index in [1.807, 2.05) is 42.2 Å². The molecule has 1 saturated carbocycles. The fourth-order valence-corrected chi connectivity index (χ4v) is 4.98. The predicted molar refractivity (Wildman–Crippen MR) is 132 cm³/mol. The van der Waals surface area contributed by atoms with Crippen molar-refractivity contribution in [1.82, 2.24) is 14.8 Å². The Hall–Kier alpha value is -2.97. The van der Waals surface area contributed by atoms with Gasteiger partial charge in [-0.1, -0.05) is 18.2 Å². The van der Waals surface area contributed by atoms with Crippen LogP contribution < -0.4 is 0 Å². The maximum Gasteiger partial charge on any atom is 0.248 e. The largest absolute Gasteiger partial charge is 0.360 e. The van der Waals surface area contributed by atoms with E-state index in [0.717, 1.165) is 34.9 Å². The number of carbonyl (C=O) groups is 1. The highest BCUT2D eigenvalue weighted by atomic mass is 19.1. The highest BCUT2D eigenvalue weighted by Gasteiger charge is 2.51. The number of rotatable bonds is 6. The van der Waals surface area contributed by atoms with Gasteiger partial charge in [0.05, 0.1) is 17.8 Å². The molecule has 0 bridgehead atoms. The lowest BCUT2D eigenvalue weighted by atomic mass is 9.87. The van der Waals surface area contributed by atoms with Crippen LogP contribution in [0.2, 0.25) is 0 Å². The summed E-state index contributed by atoms with van der Waals surface area (Å²) < 4.78 is 36.3. The summed E-state index contributed by atoms with van der Waals surface area (Å²) in [5, 5.41) is 1.02. The van der Waals surface area contributed by atoms with Crippen molar-refractivity contribution in [3.63, 3.8) is 0 Å². The zero-order chi connectivity index (χ0) is 24.6. The van der Waals surface area contributed by atoms with Crippen LogP contribution in [0, 0.1) is 0 Å². The number of likely N-dealkylation sites (tertiary alicyclic amines) is 1. The first kappa shape index (κ1) is 23.8. The quantitative estimate of drug-likeness (QED) is 0.456. The zero-order valence-corrected chi connectivity index (χ0v) is 19.9. The Labute approximate surface area is 204 Å². The summed E-state index contributed by atoms with van der Waals surface area (Å²) in [7, 11) is 0. The monoisotopic (exact) mass is 480 g/mol. The molecule has 1 amide bonds. The van der Waals surface area contributed by atoms with Crippen LogP contribution >= 0.6 is 0 Å². The van der Waals surface area contributed by atoms with Crippen molar-refractivity contribution in [2.75, 3.05) is 32.8 Å². The second-order valence-corrected chi connectivity index (χ2v) is 9.75. The Morgan fingerprint density at radius 3 is 2.94 bits per heavy atom. The first-order valence-electron chi connectivity index (χ1n) is 12.1. The van der Waals surface area contributed by atoms with E-state index in [9.17, 15) is 4.79 Å². The summed E-state index contributed by atoms with van der Waals surface area (Å²) in [6.45, 7) is 6.37. The van der Waals surface area contributed by atoms with E-state index in [2.05, 4.69) is 16.7 Å². The Balaban J connectivity index is 1.27. The molecule has 1 aromatic heterocycles. The summed E-state index contributed by atoms with van der Waals surface area (Å²) in [6.07, 6.45) is 4.29. The third kappa shape index (κ3) is 4.90. The molecule has 35 heavy (non-hydrogen) atoms. The van der Waals surface area contributed by atoms with Crippen LogP contribution in [-0.2, 0) is 9.53 Å². The van der Waals surface area contributed by atoms with Crippen LogP contribution in [0.4, 0.5) is 8.78 Å². The molecular weight excluding hydrogens is 450 g/mol. The van der Waals surface area contributed by atoms with Gasteiger partial charge in [-0.15, -0.1) is 0 Å². The molecule has 1 spiro atoms. The lowest BCUT2D eigenvalue weighted by Crippen LogP contribution is -2.64. The molecule has 2 unspecified atom stereocenters. The normalized spacial score (nSPS) is 26.8. The van der Waals surface area contributed by atoms with Crippen LogP contribution in [0.15, 0.2) is 59.1 Å². The number of aromatic nitrogens is 1. The number of morpholine rings is 1. The van der Waals surface area contributed by atoms with Crippen molar-refractivity contribution in [3.8, 4) is 0 Å². The van der Waals surface area contributed by atoms with Gasteiger partial charge in [0.2, 0.25) is 5.91 Å². The smallest absolute Gasteiger partial charge is 0.248 e. The number of alkyl halides is 1. The molecule has 184 valence electrons. The highest BCUT2D eigenvalue weighted by Crippen LogP contribution is 2.38. The zero-order valence-electron chi connectivity index (χ0n) is 19.9. The van der Waals surface area contributed by atoms with E-state index in [1.165, 1.54) is 6.08 Å². The molecule has 2 aliphatic heterocycles. The number of hydrogen-bond acceptors (Lipinski definition) is 5. The molecule has 2 aromatic rings. The number of hydrogen-bond donors (Lipinski definition) is 0. The Morgan fingerprint density at radius 1 is 1.37 bits per heavy atom. The molecule has 3 fully saturated rings. The van der Waals surface area contributed by atoms with Gasteiger partial charge in [-0.05, 0) is 62.2 Å². The summed E-state index contributed by atoms with van der Waals surface area (Å²) in [5.41, 5.74) is 1.64.